The van der Waals surface area contributed by atoms with Crippen molar-refractivity contribution in [3.8, 4) is 0 Å². The molecule has 1 aromatic carbocycles. The van der Waals surface area contributed by atoms with E-state index < -0.39 is 10.0 Å². The van der Waals surface area contributed by atoms with Crippen LogP contribution in [0.3, 0.4) is 0 Å². The van der Waals surface area contributed by atoms with Crippen LogP contribution in [-0.2, 0) is 10.0 Å². The summed E-state index contributed by atoms with van der Waals surface area (Å²) in [6.45, 7) is 4.20. The quantitative estimate of drug-likeness (QED) is 0.798. The predicted molar refractivity (Wildman–Crippen MR) is 96.5 cm³/mol. The Kier molecular flexibility index (Phi) is 4.90. The van der Waals surface area contributed by atoms with E-state index in [-0.39, 0.29) is 0 Å². The number of hydrogen-bond donors (Lipinski definition) is 0. The molecule has 1 aliphatic rings. The molecule has 0 spiro atoms. The Hall–Kier alpha value is -0.790. The minimum atomic E-state index is -3.45. The molecule has 0 amide bonds. The molecule has 1 fully saturated rings. The lowest BCUT2D eigenvalue weighted by Crippen LogP contribution is -2.48. The molecule has 4 nitrogen and oxygen atoms in total. The minimum Gasteiger partial charge on any atom is -0.369 e. The third kappa shape index (κ3) is 3.51. The van der Waals surface area contributed by atoms with Gasteiger partial charge in [-0.1, -0.05) is 29.3 Å². The molecule has 0 N–H and O–H groups in total. The molecule has 1 aliphatic heterocycles. The number of anilines is 1. The number of benzene rings is 1. The first-order valence-corrected chi connectivity index (χ1v) is 10.2. The third-order valence-corrected chi connectivity index (χ3v) is 7.73. The van der Waals surface area contributed by atoms with Crippen LogP contribution in [-0.4, -0.2) is 38.9 Å². The highest BCUT2D eigenvalue weighted by molar-refractivity contribution is 7.91. The molecule has 0 radical (unpaired) electrons. The molecule has 1 aromatic heterocycles. The molecule has 2 aromatic rings. The van der Waals surface area contributed by atoms with Gasteiger partial charge in [-0.15, -0.1) is 11.3 Å². The SMILES string of the molecule is Cc1ccc(Cl)cc1N1CCN(S(=O)(=O)c2ccc(Cl)s2)CC1. The van der Waals surface area contributed by atoms with Gasteiger partial charge in [0.25, 0.3) is 10.0 Å². The zero-order chi connectivity index (χ0) is 16.6. The van der Waals surface area contributed by atoms with Crippen molar-refractivity contribution >= 4 is 50.2 Å². The van der Waals surface area contributed by atoms with Crippen molar-refractivity contribution in [3.63, 3.8) is 0 Å². The van der Waals surface area contributed by atoms with Crippen LogP contribution >= 0.6 is 34.5 Å². The van der Waals surface area contributed by atoms with Crippen molar-refractivity contribution in [2.75, 3.05) is 31.1 Å². The Balaban J connectivity index is 1.75. The molecule has 0 atom stereocenters. The van der Waals surface area contributed by atoms with Gasteiger partial charge in [-0.25, -0.2) is 8.42 Å². The number of hydrogen-bond acceptors (Lipinski definition) is 4. The standard InChI is InChI=1S/C15H16Cl2N2O2S2/c1-11-2-3-12(16)10-13(11)18-6-8-19(9-7-18)23(20,21)15-5-4-14(17)22-15/h2-5,10H,6-9H2,1H3. The van der Waals surface area contributed by atoms with Crippen LogP contribution in [0.25, 0.3) is 0 Å². The Labute approximate surface area is 150 Å². The summed E-state index contributed by atoms with van der Waals surface area (Å²) >= 11 is 13.0. The van der Waals surface area contributed by atoms with Gasteiger partial charge in [0.1, 0.15) is 4.21 Å². The molecule has 3 rings (SSSR count). The summed E-state index contributed by atoms with van der Waals surface area (Å²) < 4.78 is 27.5. The smallest absolute Gasteiger partial charge is 0.252 e. The van der Waals surface area contributed by atoms with Crippen molar-refractivity contribution in [1.82, 2.24) is 4.31 Å². The summed E-state index contributed by atoms with van der Waals surface area (Å²) in [6, 6.07) is 8.96. The lowest BCUT2D eigenvalue weighted by Gasteiger charge is -2.36. The molecule has 0 bridgehead atoms. The van der Waals surface area contributed by atoms with Gasteiger partial charge in [0.15, 0.2) is 0 Å². The van der Waals surface area contributed by atoms with E-state index in [1.54, 1.807) is 12.1 Å². The van der Waals surface area contributed by atoms with Crippen LogP contribution in [0.4, 0.5) is 5.69 Å². The zero-order valence-corrected chi connectivity index (χ0v) is 15.6. The Morgan fingerprint density at radius 1 is 1.04 bits per heavy atom. The summed E-state index contributed by atoms with van der Waals surface area (Å²) in [5.41, 5.74) is 2.20. The summed E-state index contributed by atoms with van der Waals surface area (Å²) in [4.78, 5) is 2.18. The maximum atomic E-state index is 12.6. The number of sulfonamides is 1. The second kappa shape index (κ2) is 6.61. The number of rotatable bonds is 3. The number of nitrogens with zero attached hydrogens (tertiary/aromatic N) is 2. The maximum Gasteiger partial charge on any atom is 0.252 e. The van der Waals surface area contributed by atoms with Crippen LogP contribution in [0.5, 0.6) is 0 Å². The number of thiophene rings is 1. The third-order valence-electron chi connectivity index (χ3n) is 3.89. The van der Waals surface area contributed by atoms with Gasteiger partial charge in [0, 0.05) is 36.9 Å². The van der Waals surface area contributed by atoms with Gasteiger partial charge in [-0.05, 0) is 36.8 Å². The van der Waals surface area contributed by atoms with E-state index in [1.165, 1.54) is 4.31 Å². The molecule has 124 valence electrons. The monoisotopic (exact) mass is 390 g/mol. The van der Waals surface area contributed by atoms with E-state index in [0.29, 0.717) is 39.7 Å². The first kappa shape index (κ1) is 17.0. The summed E-state index contributed by atoms with van der Waals surface area (Å²) in [6.07, 6.45) is 0. The Bertz CT molecular complexity index is 813. The van der Waals surface area contributed by atoms with E-state index in [2.05, 4.69) is 4.90 Å². The lowest BCUT2D eigenvalue weighted by molar-refractivity contribution is 0.385. The normalized spacial score (nSPS) is 16.7. The molecular weight excluding hydrogens is 375 g/mol. The Morgan fingerprint density at radius 3 is 2.35 bits per heavy atom. The lowest BCUT2D eigenvalue weighted by atomic mass is 10.1. The number of piperazine rings is 1. The summed E-state index contributed by atoms with van der Waals surface area (Å²) in [5, 5.41) is 0.689. The van der Waals surface area contributed by atoms with E-state index in [9.17, 15) is 8.42 Å². The van der Waals surface area contributed by atoms with Crippen molar-refractivity contribution in [2.24, 2.45) is 0 Å². The molecule has 0 aliphatic carbocycles. The molecule has 23 heavy (non-hydrogen) atoms. The molecular formula is C15H16Cl2N2O2S2. The number of halogens is 2. The van der Waals surface area contributed by atoms with Gasteiger partial charge < -0.3 is 4.90 Å². The van der Waals surface area contributed by atoms with Crippen molar-refractivity contribution in [1.29, 1.82) is 0 Å². The summed E-state index contributed by atoms with van der Waals surface area (Å²) in [5.74, 6) is 0. The van der Waals surface area contributed by atoms with E-state index in [1.807, 2.05) is 25.1 Å². The van der Waals surface area contributed by atoms with E-state index >= 15 is 0 Å². The molecule has 8 heteroatoms. The highest BCUT2D eigenvalue weighted by Gasteiger charge is 2.30. The van der Waals surface area contributed by atoms with Crippen LogP contribution in [0.1, 0.15) is 5.56 Å². The zero-order valence-electron chi connectivity index (χ0n) is 12.5. The van der Waals surface area contributed by atoms with Gasteiger partial charge in [-0.2, -0.15) is 4.31 Å². The fraction of sp³-hybridized carbons (Fsp3) is 0.333. The molecule has 1 saturated heterocycles. The van der Waals surface area contributed by atoms with Gasteiger partial charge in [0.2, 0.25) is 0 Å². The molecule has 2 heterocycles. The van der Waals surface area contributed by atoms with Crippen molar-refractivity contribution in [3.05, 3.63) is 45.3 Å². The van der Waals surface area contributed by atoms with Crippen LogP contribution in [0.15, 0.2) is 34.5 Å². The average molecular weight is 391 g/mol. The maximum absolute atomic E-state index is 12.6. The van der Waals surface area contributed by atoms with Gasteiger partial charge in [0.05, 0.1) is 4.34 Å². The minimum absolute atomic E-state index is 0.301. The second-order valence-corrected chi connectivity index (χ2v) is 9.70. The van der Waals surface area contributed by atoms with E-state index in [0.717, 1.165) is 22.6 Å². The predicted octanol–water partition coefficient (Wildman–Crippen LogP) is 3.87. The van der Waals surface area contributed by atoms with Crippen LogP contribution in [0.2, 0.25) is 9.36 Å². The fourth-order valence-corrected chi connectivity index (χ4v) is 5.88. The fourth-order valence-electron chi connectivity index (χ4n) is 2.66. The highest BCUT2D eigenvalue weighted by atomic mass is 35.5. The van der Waals surface area contributed by atoms with Gasteiger partial charge in [-0.3, -0.25) is 0 Å². The topological polar surface area (TPSA) is 40.6 Å². The number of aryl methyl sites for hydroxylation is 1. The largest absolute Gasteiger partial charge is 0.369 e. The van der Waals surface area contributed by atoms with Crippen LogP contribution in [0, 0.1) is 6.92 Å². The van der Waals surface area contributed by atoms with E-state index in [4.69, 9.17) is 23.2 Å². The second-order valence-electron chi connectivity index (χ2n) is 5.38. The average Bonchev–Trinajstić information content (AvgIpc) is 2.97. The molecule has 0 unspecified atom stereocenters. The highest BCUT2D eigenvalue weighted by Crippen LogP contribution is 2.30. The Morgan fingerprint density at radius 2 is 1.74 bits per heavy atom. The summed E-state index contributed by atoms with van der Waals surface area (Å²) in [7, 11) is -3.45. The van der Waals surface area contributed by atoms with Crippen LogP contribution < -0.4 is 4.90 Å². The molecule has 0 saturated carbocycles. The van der Waals surface area contributed by atoms with Crippen molar-refractivity contribution < 1.29 is 8.42 Å². The van der Waals surface area contributed by atoms with Crippen molar-refractivity contribution in [2.45, 2.75) is 11.1 Å². The first-order valence-electron chi connectivity index (χ1n) is 7.14. The van der Waals surface area contributed by atoms with Gasteiger partial charge >= 0.3 is 0 Å². The first-order chi connectivity index (χ1) is 10.9.